The number of nitro benzene ring substituents is 1. The van der Waals surface area contributed by atoms with E-state index in [1.807, 2.05) is 18.2 Å². The van der Waals surface area contributed by atoms with Crippen LogP contribution >= 0.6 is 0 Å². The van der Waals surface area contributed by atoms with Crippen LogP contribution in [0.1, 0.15) is 5.56 Å². The molecule has 2 aromatic carbocycles. The highest BCUT2D eigenvalue weighted by molar-refractivity contribution is 5.77. The second-order valence-electron chi connectivity index (χ2n) is 6.53. The topological polar surface area (TPSA) is 93.9 Å². The highest BCUT2D eigenvalue weighted by Crippen LogP contribution is 2.25. The van der Waals surface area contributed by atoms with Crippen LogP contribution in [-0.2, 0) is 16.1 Å². The lowest BCUT2D eigenvalue weighted by molar-refractivity contribution is -0.385. The summed E-state index contributed by atoms with van der Waals surface area (Å²) in [5.41, 5.74) is 1.08. The number of nitrogens with zero attached hydrogens (tertiary/aromatic N) is 2. The molecule has 0 spiro atoms. The number of para-hydroxylation sites is 2. The molecule has 1 saturated heterocycles. The molecule has 3 rings (SSSR count). The fourth-order valence-electron chi connectivity index (χ4n) is 3.04. The number of rotatable bonds is 8. The second kappa shape index (κ2) is 9.82. The molecule has 1 aliphatic rings. The first-order valence-electron chi connectivity index (χ1n) is 9.12. The number of hydrogen-bond donors (Lipinski definition) is 1. The molecular formula is C20H23N3O5. The molecular weight excluding hydrogens is 362 g/mol. The zero-order valence-corrected chi connectivity index (χ0v) is 15.5. The van der Waals surface area contributed by atoms with Crippen molar-refractivity contribution >= 4 is 11.6 Å². The average molecular weight is 385 g/mol. The summed E-state index contributed by atoms with van der Waals surface area (Å²) in [6.45, 7) is 3.10. The molecule has 28 heavy (non-hydrogen) atoms. The Balaban J connectivity index is 1.42. The fourth-order valence-corrected chi connectivity index (χ4v) is 3.04. The lowest BCUT2D eigenvalue weighted by atomic mass is 10.2. The minimum Gasteiger partial charge on any atom is -0.477 e. The van der Waals surface area contributed by atoms with Crippen molar-refractivity contribution in [2.45, 2.75) is 12.6 Å². The van der Waals surface area contributed by atoms with Gasteiger partial charge in [0.25, 0.3) is 5.91 Å². The summed E-state index contributed by atoms with van der Waals surface area (Å²) in [5, 5.41) is 13.7. The van der Waals surface area contributed by atoms with Crippen molar-refractivity contribution in [1.82, 2.24) is 10.2 Å². The summed E-state index contributed by atoms with van der Waals surface area (Å²) >= 11 is 0. The van der Waals surface area contributed by atoms with Gasteiger partial charge in [-0.2, -0.15) is 0 Å². The molecule has 0 radical (unpaired) electrons. The van der Waals surface area contributed by atoms with Crippen LogP contribution in [0.5, 0.6) is 5.75 Å². The molecule has 8 heteroatoms. The summed E-state index contributed by atoms with van der Waals surface area (Å²) < 4.78 is 11.0. The molecule has 0 bridgehead atoms. The Bertz CT molecular complexity index is 799. The van der Waals surface area contributed by atoms with Crippen LogP contribution in [-0.4, -0.2) is 54.7 Å². The first-order valence-corrected chi connectivity index (χ1v) is 9.12. The number of hydrogen-bond acceptors (Lipinski definition) is 6. The Kier molecular flexibility index (Phi) is 6.94. The van der Waals surface area contributed by atoms with Gasteiger partial charge >= 0.3 is 5.69 Å². The van der Waals surface area contributed by atoms with Gasteiger partial charge in [0, 0.05) is 32.2 Å². The average Bonchev–Trinajstić information content (AvgIpc) is 2.72. The van der Waals surface area contributed by atoms with E-state index in [1.54, 1.807) is 12.1 Å². The summed E-state index contributed by atoms with van der Waals surface area (Å²) in [5.74, 6) is -0.271. The standard InChI is InChI=1S/C20H23N3O5/c24-20(15-28-19-9-5-4-8-18(19)23(25)26)21-12-17-14-22(10-11-27-17)13-16-6-2-1-3-7-16/h1-9,17H,10-15H2,(H,21,24). The van der Waals surface area contributed by atoms with Gasteiger partial charge in [-0.3, -0.25) is 19.8 Å². The monoisotopic (exact) mass is 385 g/mol. The number of morpholine rings is 1. The molecule has 0 aromatic heterocycles. The molecule has 1 N–H and O–H groups in total. The molecule has 8 nitrogen and oxygen atoms in total. The zero-order valence-electron chi connectivity index (χ0n) is 15.5. The van der Waals surface area contributed by atoms with E-state index in [2.05, 4.69) is 22.3 Å². The number of nitro groups is 1. The summed E-state index contributed by atoms with van der Waals surface area (Å²) in [4.78, 5) is 24.8. The van der Waals surface area contributed by atoms with Crippen molar-refractivity contribution in [2.24, 2.45) is 0 Å². The van der Waals surface area contributed by atoms with E-state index < -0.39 is 4.92 Å². The van der Waals surface area contributed by atoms with Gasteiger partial charge in [0.1, 0.15) is 0 Å². The molecule has 1 heterocycles. The fraction of sp³-hybridized carbons (Fsp3) is 0.350. The Morgan fingerprint density at radius 3 is 2.75 bits per heavy atom. The quantitative estimate of drug-likeness (QED) is 0.552. The van der Waals surface area contributed by atoms with Gasteiger partial charge in [0.2, 0.25) is 0 Å². The molecule has 1 atom stereocenters. The zero-order chi connectivity index (χ0) is 19.8. The van der Waals surface area contributed by atoms with Gasteiger partial charge in [-0.25, -0.2) is 0 Å². The van der Waals surface area contributed by atoms with E-state index in [1.165, 1.54) is 17.7 Å². The van der Waals surface area contributed by atoms with Crippen LogP contribution in [0.4, 0.5) is 5.69 Å². The SMILES string of the molecule is O=C(COc1ccccc1[N+](=O)[O-])NCC1CN(Cc2ccccc2)CCO1. The van der Waals surface area contributed by atoms with E-state index in [-0.39, 0.29) is 30.1 Å². The minimum absolute atomic E-state index is 0.0746. The number of amides is 1. The molecule has 2 aromatic rings. The highest BCUT2D eigenvalue weighted by Gasteiger charge is 2.21. The van der Waals surface area contributed by atoms with Crippen molar-refractivity contribution in [3.63, 3.8) is 0 Å². The third-order valence-electron chi connectivity index (χ3n) is 4.42. The lowest BCUT2D eigenvalue weighted by Crippen LogP contribution is -2.47. The predicted octanol–water partition coefficient (Wildman–Crippen LogP) is 1.99. The summed E-state index contributed by atoms with van der Waals surface area (Å²) in [6.07, 6.45) is -0.104. The molecule has 1 aliphatic heterocycles. The third-order valence-corrected chi connectivity index (χ3v) is 4.42. The Morgan fingerprint density at radius 2 is 1.96 bits per heavy atom. The normalized spacial score (nSPS) is 17.1. The lowest BCUT2D eigenvalue weighted by Gasteiger charge is -2.33. The van der Waals surface area contributed by atoms with Gasteiger partial charge in [-0.1, -0.05) is 42.5 Å². The van der Waals surface area contributed by atoms with Crippen molar-refractivity contribution in [3.05, 3.63) is 70.3 Å². The van der Waals surface area contributed by atoms with Gasteiger partial charge in [0.05, 0.1) is 17.6 Å². The van der Waals surface area contributed by atoms with Crippen molar-refractivity contribution in [1.29, 1.82) is 0 Å². The van der Waals surface area contributed by atoms with Crippen LogP contribution in [0.2, 0.25) is 0 Å². The molecule has 0 saturated carbocycles. The van der Waals surface area contributed by atoms with Crippen LogP contribution in [0.15, 0.2) is 54.6 Å². The third kappa shape index (κ3) is 5.77. The van der Waals surface area contributed by atoms with E-state index in [9.17, 15) is 14.9 Å². The number of nitrogens with one attached hydrogen (secondary N) is 1. The molecule has 1 fully saturated rings. The Hall–Kier alpha value is -2.97. The molecule has 1 unspecified atom stereocenters. The van der Waals surface area contributed by atoms with E-state index in [4.69, 9.17) is 9.47 Å². The van der Waals surface area contributed by atoms with Gasteiger partial charge in [0.15, 0.2) is 12.4 Å². The predicted molar refractivity (Wildman–Crippen MR) is 103 cm³/mol. The maximum atomic E-state index is 12.0. The first-order chi connectivity index (χ1) is 13.6. The Labute approximate surface area is 163 Å². The largest absolute Gasteiger partial charge is 0.477 e. The van der Waals surface area contributed by atoms with Crippen molar-refractivity contribution in [2.75, 3.05) is 32.8 Å². The van der Waals surface area contributed by atoms with Crippen molar-refractivity contribution < 1.29 is 19.2 Å². The van der Waals surface area contributed by atoms with E-state index >= 15 is 0 Å². The molecule has 0 aliphatic carbocycles. The number of benzene rings is 2. The first kappa shape index (κ1) is 19.8. The van der Waals surface area contributed by atoms with E-state index in [0.717, 1.165) is 19.6 Å². The highest BCUT2D eigenvalue weighted by atomic mass is 16.6. The number of carbonyl (C=O) groups excluding carboxylic acids is 1. The number of ether oxygens (including phenoxy) is 2. The van der Waals surface area contributed by atoms with Crippen LogP contribution in [0.3, 0.4) is 0 Å². The summed E-state index contributed by atoms with van der Waals surface area (Å²) in [6, 6.07) is 16.2. The van der Waals surface area contributed by atoms with Crippen molar-refractivity contribution in [3.8, 4) is 5.75 Å². The van der Waals surface area contributed by atoms with Gasteiger partial charge < -0.3 is 14.8 Å². The minimum atomic E-state index is -0.537. The molecule has 148 valence electrons. The van der Waals surface area contributed by atoms with Crippen LogP contribution in [0.25, 0.3) is 0 Å². The van der Waals surface area contributed by atoms with E-state index in [0.29, 0.717) is 13.2 Å². The van der Waals surface area contributed by atoms with Gasteiger partial charge in [-0.05, 0) is 11.6 Å². The maximum Gasteiger partial charge on any atom is 0.310 e. The number of carbonyl (C=O) groups is 1. The smallest absolute Gasteiger partial charge is 0.310 e. The maximum absolute atomic E-state index is 12.0. The summed E-state index contributed by atoms with van der Waals surface area (Å²) in [7, 11) is 0. The van der Waals surface area contributed by atoms with Gasteiger partial charge in [-0.15, -0.1) is 0 Å². The van der Waals surface area contributed by atoms with Crippen LogP contribution in [0, 0.1) is 10.1 Å². The Morgan fingerprint density at radius 1 is 1.21 bits per heavy atom. The van der Waals surface area contributed by atoms with Crippen LogP contribution < -0.4 is 10.1 Å². The second-order valence-corrected chi connectivity index (χ2v) is 6.53. The molecule has 1 amide bonds.